The van der Waals surface area contributed by atoms with Crippen LogP contribution in [-0.2, 0) is 4.79 Å². The highest BCUT2D eigenvalue weighted by atomic mass is 16.1. The topological polar surface area (TPSA) is 17.1 Å². The quantitative estimate of drug-likeness (QED) is 0.433. The molecule has 0 aliphatic carbocycles. The summed E-state index contributed by atoms with van der Waals surface area (Å²) in [6.07, 6.45) is 4.83. The third-order valence-corrected chi connectivity index (χ3v) is 1.26. The van der Waals surface area contributed by atoms with Gasteiger partial charge in [-0.1, -0.05) is 26.8 Å². The molecule has 10 heavy (non-hydrogen) atoms. The van der Waals surface area contributed by atoms with Crippen LogP contribution in [0.2, 0.25) is 0 Å². The summed E-state index contributed by atoms with van der Waals surface area (Å²) in [4.78, 5) is 10.4. The fraction of sp³-hybridized carbons (Fsp3) is 0.667. The molecule has 0 spiro atoms. The minimum atomic E-state index is 0.586. The standard InChI is InChI=1S/C9H16O/c1-4-5-9(7-10)6-8(2)3/h5,7-8H,4,6H2,1-3H3. The lowest BCUT2D eigenvalue weighted by Crippen LogP contribution is -1.92. The van der Waals surface area contributed by atoms with E-state index in [1.54, 1.807) is 0 Å². The molecule has 0 heterocycles. The van der Waals surface area contributed by atoms with Crippen LogP contribution in [-0.4, -0.2) is 6.29 Å². The van der Waals surface area contributed by atoms with Crippen molar-refractivity contribution >= 4 is 6.29 Å². The van der Waals surface area contributed by atoms with Gasteiger partial charge >= 0.3 is 0 Å². The Balaban J connectivity index is 3.83. The molecular weight excluding hydrogens is 124 g/mol. The van der Waals surface area contributed by atoms with Gasteiger partial charge in [0.25, 0.3) is 0 Å². The normalized spacial score (nSPS) is 12.2. The predicted molar refractivity (Wildman–Crippen MR) is 43.9 cm³/mol. The van der Waals surface area contributed by atoms with Crippen LogP contribution in [0.25, 0.3) is 0 Å². The molecule has 1 heteroatoms. The van der Waals surface area contributed by atoms with Crippen LogP contribution < -0.4 is 0 Å². The van der Waals surface area contributed by atoms with Crippen molar-refractivity contribution in [1.82, 2.24) is 0 Å². The fourth-order valence-electron chi connectivity index (χ4n) is 0.913. The minimum Gasteiger partial charge on any atom is -0.298 e. The highest BCUT2D eigenvalue weighted by Crippen LogP contribution is 2.08. The van der Waals surface area contributed by atoms with Gasteiger partial charge < -0.3 is 0 Å². The zero-order chi connectivity index (χ0) is 7.98. The maximum absolute atomic E-state index is 10.4. The third-order valence-electron chi connectivity index (χ3n) is 1.26. The maximum atomic E-state index is 10.4. The van der Waals surface area contributed by atoms with Crippen LogP contribution in [0.5, 0.6) is 0 Å². The molecule has 58 valence electrons. The molecule has 0 amide bonds. The number of hydrogen-bond acceptors (Lipinski definition) is 1. The Morgan fingerprint density at radius 2 is 2.10 bits per heavy atom. The number of carbonyl (C=O) groups excluding carboxylic acids is 1. The van der Waals surface area contributed by atoms with Gasteiger partial charge in [0.1, 0.15) is 6.29 Å². The molecule has 0 rings (SSSR count). The SMILES string of the molecule is CCC=C(C=O)CC(C)C. The van der Waals surface area contributed by atoms with Gasteiger partial charge in [0.05, 0.1) is 0 Å². The minimum absolute atomic E-state index is 0.586. The summed E-state index contributed by atoms with van der Waals surface area (Å²) in [6.45, 7) is 6.28. The molecule has 0 unspecified atom stereocenters. The smallest absolute Gasteiger partial charge is 0.145 e. The second-order valence-corrected chi connectivity index (χ2v) is 2.90. The molecule has 0 saturated heterocycles. The van der Waals surface area contributed by atoms with Crippen LogP contribution in [0.3, 0.4) is 0 Å². The van der Waals surface area contributed by atoms with E-state index in [0.29, 0.717) is 5.92 Å². The molecule has 0 N–H and O–H groups in total. The van der Waals surface area contributed by atoms with E-state index in [2.05, 4.69) is 13.8 Å². The van der Waals surface area contributed by atoms with Gasteiger partial charge in [-0.15, -0.1) is 0 Å². The van der Waals surface area contributed by atoms with Crippen LogP contribution >= 0.6 is 0 Å². The van der Waals surface area contributed by atoms with Crippen molar-refractivity contribution in [2.75, 3.05) is 0 Å². The van der Waals surface area contributed by atoms with E-state index in [-0.39, 0.29) is 0 Å². The molecule has 0 aromatic heterocycles. The molecular formula is C9H16O. The molecule has 0 fully saturated rings. The van der Waals surface area contributed by atoms with E-state index in [1.165, 1.54) is 0 Å². The number of hydrogen-bond donors (Lipinski definition) is 0. The summed E-state index contributed by atoms with van der Waals surface area (Å²) < 4.78 is 0. The lowest BCUT2D eigenvalue weighted by Gasteiger charge is -2.01. The van der Waals surface area contributed by atoms with Crippen LogP contribution in [0.15, 0.2) is 11.6 Å². The summed E-state index contributed by atoms with van der Waals surface area (Å²) in [6, 6.07) is 0. The van der Waals surface area contributed by atoms with E-state index in [0.717, 1.165) is 24.7 Å². The molecule has 0 aliphatic rings. The maximum Gasteiger partial charge on any atom is 0.145 e. The van der Waals surface area contributed by atoms with Crippen molar-refractivity contribution in [1.29, 1.82) is 0 Å². The molecule has 0 aromatic rings. The summed E-state index contributed by atoms with van der Waals surface area (Å²) in [5, 5.41) is 0. The van der Waals surface area contributed by atoms with Crippen LogP contribution in [0.1, 0.15) is 33.6 Å². The van der Waals surface area contributed by atoms with Gasteiger partial charge in [-0.25, -0.2) is 0 Å². The second kappa shape index (κ2) is 5.21. The van der Waals surface area contributed by atoms with E-state index in [4.69, 9.17) is 0 Å². The largest absolute Gasteiger partial charge is 0.298 e. The number of rotatable bonds is 4. The van der Waals surface area contributed by atoms with Gasteiger partial charge in [0.2, 0.25) is 0 Å². The number of aldehydes is 1. The molecule has 0 saturated carbocycles. The average Bonchev–Trinajstić information content (AvgIpc) is 1.86. The van der Waals surface area contributed by atoms with Crippen molar-refractivity contribution < 1.29 is 4.79 Å². The Morgan fingerprint density at radius 1 is 1.50 bits per heavy atom. The third kappa shape index (κ3) is 4.30. The van der Waals surface area contributed by atoms with Gasteiger partial charge in [-0.05, 0) is 24.3 Å². The van der Waals surface area contributed by atoms with Crippen molar-refractivity contribution in [2.24, 2.45) is 5.92 Å². The first-order valence-corrected chi connectivity index (χ1v) is 3.84. The van der Waals surface area contributed by atoms with Crippen molar-refractivity contribution in [3.8, 4) is 0 Å². The predicted octanol–water partition coefficient (Wildman–Crippen LogP) is 2.57. The Kier molecular flexibility index (Phi) is 4.91. The second-order valence-electron chi connectivity index (χ2n) is 2.90. The van der Waals surface area contributed by atoms with Crippen molar-refractivity contribution in [3.63, 3.8) is 0 Å². The Hall–Kier alpha value is -0.590. The Labute approximate surface area is 63.1 Å². The van der Waals surface area contributed by atoms with Crippen LogP contribution in [0.4, 0.5) is 0 Å². The highest BCUT2D eigenvalue weighted by molar-refractivity contribution is 5.72. The van der Waals surface area contributed by atoms with Gasteiger partial charge in [0.15, 0.2) is 0 Å². The van der Waals surface area contributed by atoms with Crippen molar-refractivity contribution in [2.45, 2.75) is 33.6 Å². The zero-order valence-corrected chi connectivity index (χ0v) is 7.05. The molecule has 0 atom stereocenters. The monoisotopic (exact) mass is 140 g/mol. The first-order valence-electron chi connectivity index (χ1n) is 3.84. The molecule has 0 radical (unpaired) electrons. The first kappa shape index (κ1) is 9.41. The van der Waals surface area contributed by atoms with Crippen molar-refractivity contribution in [3.05, 3.63) is 11.6 Å². The van der Waals surface area contributed by atoms with E-state index in [1.807, 2.05) is 13.0 Å². The summed E-state index contributed by atoms with van der Waals surface area (Å²) >= 11 is 0. The average molecular weight is 140 g/mol. The summed E-state index contributed by atoms with van der Waals surface area (Å²) in [5.74, 6) is 0.586. The fourth-order valence-corrected chi connectivity index (χ4v) is 0.913. The van der Waals surface area contributed by atoms with E-state index >= 15 is 0 Å². The Bertz CT molecular complexity index is 123. The number of allylic oxidation sites excluding steroid dienone is 2. The van der Waals surface area contributed by atoms with Gasteiger partial charge in [-0.2, -0.15) is 0 Å². The van der Waals surface area contributed by atoms with Crippen LogP contribution in [0, 0.1) is 5.92 Å². The molecule has 0 bridgehead atoms. The highest BCUT2D eigenvalue weighted by Gasteiger charge is 1.97. The summed E-state index contributed by atoms with van der Waals surface area (Å²) in [7, 11) is 0. The van der Waals surface area contributed by atoms with E-state index < -0.39 is 0 Å². The molecule has 1 nitrogen and oxygen atoms in total. The number of carbonyl (C=O) groups is 1. The van der Waals surface area contributed by atoms with Gasteiger partial charge in [0, 0.05) is 0 Å². The lowest BCUT2D eigenvalue weighted by atomic mass is 10.0. The summed E-state index contributed by atoms with van der Waals surface area (Å²) in [5.41, 5.74) is 0.942. The van der Waals surface area contributed by atoms with E-state index in [9.17, 15) is 4.79 Å². The zero-order valence-electron chi connectivity index (χ0n) is 7.05. The Morgan fingerprint density at radius 3 is 2.40 bits per heavy atom. The first-order chi connectivity index (χ1) is 4.70. The lowest BCUT2D eigenvalue weighted by molar-refractivity contribution is -0.105. The van der Waals surface area contributed by atoms with Gasteiger partial charge in [-0.3, -0.25) is 4.79 Å². The molecule has 0 aromatic carbocycles. The molecule has 0 aliphatic heterocycles.